The van der Waals surface area contributed by atoms with E-state index in [0.717, 1.165) is 19.3 Å². The zero-order valence-electron chi connectivity index (χ0n) is 9.02. The summed E-state index contributed by atoms with van der Waals surface area (Å²) in [6, 6.07) is 0.166. The van der Waals surface area contributed by atoms with Gasteiger partial charge in [-0.1, -0.05) is 23.8 Å². The molecule has 1 fully saturated rings. The van der Waals surface area contributed by atoms with Crippen LogP contribution in [0, 0.1) is 5.92 Å². The lowest BCUT2D eigenvalue weighted by atomic mass is 9.91. The van der Waals surface area contributed by atoms with Crippen molar-refractivity contribution < 1.29 is 9.90 Å². The van der Waals surface area contributed by atoms with Gasteiger partial charge < -0.3 is 10.0 Å². The minimum Gasteiger partial charge on any atom is -0.465 e. The third-order valence-electron chi connectivity index (χ3n) is 3.38. The highest BCUT2D eigenvalue weighted by molar-refractivity contribution is 5.66. The van der Waals surface area contributed by atoms with E-state index in [4.69, 9.17) is 5.11 Å². The van der Waals surface area contributed by atoms with Crippen molar-refractivity contribution in [2.24, 2.45) is 5.92 Å². The topological polar surface area (TPSA) is 40.5 Å². The Morgan fingerprint density at radius 2 is 2.33 bits per heavy atom. The van der Waals surface area contributed by atoms with Gasteiger partial charge >= 0.3 is 6.09 Å². The normalized spacial score (nSPS) is 30.5. The molecule has 1 saturated heterocycles. The molecule has 0 aromatic carbocycles. The van der Waals surface area contributed by atoms with E-state index in [2.05, 4.69) is 18.2 Å². The molecule has 1 N–H and O–H groups in total. The molecule has 1 amide bonds. The molecule has 3 nitrogen and oxygen atoms in total. The second-order valence-corrected chi connectivity index (χ2v) is 4.41. The van der Waals surface area contributed by atoms with Gasteiger partial charge in [-0.25, -0.2) is 4.79 Å². The van der Waals surface area contributed by atoms with Crippen LogP contribution in [-0.4, -0.2) is 28.7 Å². The van der Waals surface area contributed by atoms with E-state index in [1.165, 1.54) is 5.57 Å². The quantitative estimate of drug-likeness (QED) is 0.671. The molecule has 0 saturated carbocycles. The summed E-state index contributed by atoms with van der Waals surface area (Å²) in [5, 5.41) is 8.99. The Morgan fingerprint density at radius 3 is 2.87 bits per heavy atom. The first-order valence-electron chi connectivity index (χ1n) is 5.52. The van der Waals surface area contributed by atoms with E-state index in [-0.39, 0.29) is 6.04 Å². The maximum absolute atomic E-state index is 10.9. The number of nitrogens with zero attached hydrogens (tertiary/aromatic N) is 1. The van der Waals surface area contributed by atoms with Crippen LogP contribution in [-0.2, 0) is 0 Å². The molecule has 2 rings (SSSR count). The lowest BCUT2D eigenvalue weighted by Crippen LogP contribution is -2.32. The fourth-order valence-corrected chi connectivity index (χ4v) is 2.52. The molecule has 0 radical (unpaired) electrons. The average Bonchev–Trinajstić information content (AvgIpc) is 2.62. The van der Waals surface area contributed by atoms with Crippen LogP contribution in [0.5, 0.6) is 0 Å². The van der Waals surface area contributed by atoms with Crippen LogP contribution < -0.4 is 0 Å². The van der Waals surface area contributed by atoms with Crippen LogP contribution in [0.4, 0.5) is 4.79 Å². The zero-order chi connectivity index (χ0) is 10.8. The van der Waals surface area contributed by atoms with E-state index in [9.17, 15) is 4.79 Å². The number of carbonyl (C=O) groups is 1. The third kappa shape index (κ3) is 2.06. The smallest absolute Gasteiger partial charge is 0.407 e. The van der Waals surface area contributed by atoms with Crippen molar-refractivity contribution in [3.8, 4) is 0 Å². The Balaban J connectivity index is 2.02. The van der Waals surface area contributed by atoms with Crippen LogP contribution in [0.1, 0.15) is 26.2 Å². The summed E-state index contributed by atoms with van der Waals surface area (Å²) in [7, 11) is 0. The molecular weight excluding hydrogens is 190 g/mol. The molecule has 1 aliphatic carbocycles. The molecule has 3 heteroatoms. The Bertz CT molecular complexity index is 320. The molecule has 1 heterocycles. The number of amides is 1. The van der Waals surface area contributed by atoms with Gasteiger partial charge in [0, 0.05) is 12.6 Å². The predicted molar refractivity (Wildman–Crippen MR) is 58.8 cm³/mol. The Hall–Kier alpha value is -1.25. The van der Waals surface area contributed by atoms with Gasteiger partial charge in [0.25, 0.3) is 0 Å². The standard InChI is InChI=1S/C12H17NO2/c1-9-7-11(8-13(9)12(14)15)10-5-3-2-4-6-10/h2-3,6,9,11H,4-5,7-8H2,1H3,(H,14,15)/t9-,11+/m1/s1. The van der Waals surface area contributed by atoms with Crippen LogP contribution in [0.25, 0.3) is 0 Å². The summed E-state index contributed by atoms with van der Waals surface area (Å²) in [4.78, 5) is 12.5. The summed E-state index contributed by atoms with van der Waals surface area (Å²) in [6.07, 6.45) is 8.81. The second kappa shape index (κ2) is 4.09. The largest absolute Gasteiger partial charge is 0.465 e. The van der Waals surface area contributed by atoms with Crippen LogP contribution >= 0.6 is 0 Å². The van der Waals surface area contributed by atoms with E-state index < -0.39 is 6.09 Å². The number of allylic oxidation sites excluding steroid dienone is 3. The molecule has 2 aliphatic rings. The van der Waals surface area contributed by atoms with E-state index in [1.807, 2.05) is 6.92 Å². The molecule has 0 aromatic heterocycles. The van der Waals surface area contributed by atoms with Gasteiger partial charge in [0.2, 0.25) is 0 Å². The Kier molecular flexibility index (Phi) is 2.80. The molecule has 0 bridgehead atoms. The summed E-state index contributed by atoms with van der Waals surface area (Å²) in [5.41, 5.74) is 1.42. The number of likely N-dealkylation sites (tertiary alicyclic amines) is 1. The summed E-state index contributed by atoms with van der Waals surface area (Å²) >= 11 is 0. The molecule has 82 valence electrons. The third-order valence-corrected chi connectivity index (χ3v) is 3.38. The van der Waals surface area contributed by atoms with E-state index in [1.54, 1.807) is 4.90 Å². The number of hydrogen-bond acceptors (Lipinski definition) is 1. The van der Waals surface area contributed by atoms with Gasteiger partial charge in [-0.3, -0.25) is 0 Å². The second-order valence-electron chi connectivity index (χ2n) is 4.41. The predicted octanol–water partition coefficient (Wildman–Crippen LogP) is 2.65. The zero-order valence-corrected chi connectivity index (χ0v) is 9.02. The molecule has 0 unspecified atom stereocenters. The van der Waals surface area contributed by atoms with Gasteiger partial charge in [0.15, 0.2) is 0 Å². The van der Waals surface area contributed by atoms with Crippen molar-refractivity contribution in [2.75, 3.05) is 6.54 Å². The lowest BCUT2D eigenvalue weighted by Gasteiger charge is -2.17. The summed E-state index contributed by atoms with van der Waals surface area (Å²) in [6.45, 7) is 2.67. The van der Waals surface area contributed by atoms with E-state index in [0.29, 0.717) is 12.5 Å². The highest BCUT2D eigenvalue weighted by Crippen LogP contribution is 2.32. The summed E-state index contributed by atoms with van der Waals surface area (Å²) < 4.78 is 0. The highest BCUT2D eigenvalue weighted by Gasteiger charge is 2.33. The summed E-state index contributed by atoms with van der Waals surface area (Å²) in [5.74, 6) is 0.445. The molecule has 0 aromatic rings. The fraction of sp³-hybridized carbons (Fsp3) is 0.583. The van der Waals surface area contributed by atoms with Gasteiger partial charge in [-0.2, -0.15) is 0 Å². The maximum atomic E-state index is 10.9. The first-order chi connectivity index (χ1) is 7.18. The maximum Gasteiger partial charge on any atom is 0.407 e. The van der Waals surface area contributed by atoms with Crippen molar-refractivity contribution in [1.82, 2.24) is 4.90 Å². The Morgan fingerprint density at radius 1 is 1.53 bits per heavy atom. The molecular formula is C12H17NO2. The van der Waals surface area contributed by atoms with Crippen LogP contribution in [0.2, 0.25) is 0 Å². The number of rotatable bonds is 1. The molecule has 1 aliphatic heterocycles. The highest BCUT2D eigenvalue weighted by atomic mass is 16.4. The number of hydrogen-bond donors (Lipinski definition) is 1. The first-order valence-corrected chi connectivity index (χ1v) is 5.52. The van der Waals surface area contributed by atoms with Gasteiger partial charge in [-0.15, -0.1) is 0 Å². The molecule has 2 atom stereocenters. The van der Waals surface area contributed by atoms with E-state index >= 15 is 0 Å². The first kappa shape index (κ1) is 10.3. The Labute approximate surface area is 90.1 Å². The van der Waals surface area contributed by atoms with Crippen LogP contribution in [0.15, 0.2) is 23.8 Å². The minimum absolute atomic E-state index is 0.166. The monoisotopic (exact) mass is 207 g/mol. The number of carboxylic acid groups (broad SMARTS) is 1. The van der Waals surface area contributed by atoms with Gasteiger partial charge in [0.1, 0.15) is 0 Å². The van der Waals surface area contributed by atoms with Crippen molar-refractivity contribution >= 4 is 6.09 Å². The van der Waals surface area contributed by atoms with Gasteiger partial charge in [0.05, 0.1) is 0 Å². The van der Waals surface area contributed by atoms with Gasteiger partial charge in [-0.05, 0) is 32.1 Å². The van der Waals surface area contributed by atoms with Crippen molar-refractivity contribution in [2.45, 2.75) is 32.2 Å². The lowest BCUT2D eigenvalue weighted by molar-refractivity contribution is 0.142. The molecule has 15 heavy (non-hydrogen) atoms. The average molecular weight is 207 g/mol. The SMILES string of the molecule is C[C@@H]1C[C@H](C2=CCC=CC2)CN1C(=O)O. The fourth-order valence-electron chi connectivity index (χ4n) is 2.52. The van der Waals surface area contributed by atoms with Crippen molar-refractivity contribution in [3.63, 3.8) is 0 Å². The molecule has 0 spiro atoms. The van der Waals surface area contributed by atoms with Crippen molar-refractivity contribution in [1.29, 1.82) is 0 Å². The van der Waals surface area contributed by atoms with Crippen LogP contribution in [0.3, 0.4) is 0 Å². The minimum atomic E-state index is -0.781. The van der Waals surface area contributed by atoms with Crippen molar-refractivity contribution in [3.05, 3.63) is 23.8 Å².